The molecule has 0 radical (unpaired) electrons. The molecule has 0 aliphatic carbocycles. The van der Waals surface area contributed by atoms with Crippen LogP contribution >= 0.6 is 0 Å². The molecule has 0 aliphatic heterocycles. The highest BCUT2D eigenvalue weighted by Crippen LogP contribution is 2.15. The molecule has 158 valence electrons. The van der Waals surface area contributed by atoms with Crippen LogP contribution in [-0.2, 0) is 30.8 Å². The lowest BCUT2D eigenvalue weighted by Crippen LogP contribution is -2.47. The summed E-state index contributed by atoms with van der Waals surface area (Å²) in [4.78, 5) is 24.6. The van der Waals surface area contributed by atoms with Crippen molar-refractivity contribution in [3.05, 3.63) is 65.2 Å². The molecule has 0 heterocycles. The van der Waals surface area contributed by atoms with Gasteiger partial charge in [0.25, 0.3) is 0 Å². The number of nitrogens with one attached hydrogen (secondary N) is 1. The number of carbonyl (C=O) groups excluding carboxylic acids is 2. The minimum atomic E-state index is -3.85. The van der Waals surface area contributed by atoms with Crippen molar-refractivity contribution in [2.75, 3.05) is 20.7 Å². The van der Waals surface area contributed by atoms with Gasteiger partial charge in [0.05, 0.1) is 30.2 Å². The average Bonchev–Trinajstić information content (AvgIpc) is 2.73. The third-order valence-electron chi connectivity index (χ3n) is 4.44. The monoisotopic (exact) mass is 429 g/mol. The van der Waals surface area contributed by atoms with Gasteiger partial charge in [-0.05, 0) is 36.8 Å². The summed E-state index contributed by atoms with van der Waals surface area (Å²) in [6, 6.07) is 13.9. The zero-order valence-corrected chi connectivity index (χ0v) is 17.8. The molecule has 0 aliphatic rings. The predicted octanol–water partition coefficient (Wildman–Crippen LogP) is 1.39. The summed E-state index contributed by atoms with van der Waals surface area (Å²) >= 11 is 0. The lowest BCUT2D eigenvalue weighted by molar-refractivity contribution is -0.145. The van der Waals surface area contributed by atoms with Crippen LogP contribution in [0.5, 0.6) is 0 Å². The second-order valence-corrected chi connectivity index (χ2v) is 8.78. The number of nitrogens with zero attached hydrogens (tertiary/aromatic N) is 2. The summed E-state index contributed by atoms with van der Waals surface area (Å²) in [5, 5.41) is 11.4. The molecular weight excluding hydrogens is 406 g/mol. The summed E-state index contributed by atoms with van der Waals surface area (Å²) in [5.74, 6) is -1.30. The lowest BCUT2D eigenvalue weighted by Gasteiger charge is -2.20. The van der Waals surface area contributed by atoms with Crippen LogP contribution in [0.2, 0.25) is 0 Å². The summed E-state index contributed by atoms with van der Waals surface area (Å²) in [6.45, 7) is 1.38. The number of ether oxygens (including phenoxy) is 1. The van der Waals surface area contributed by atoms with E-state index in [1.807, 2.05) is 13.0 Å². The van der Waals surface area contributed by atoms with Gasteiger partial charge in [-0.3, -0.25) is 4.79 Å². The van der Waals surface area contributed by atoms with Crippen molar-refractivity contribution in [2.24, 2.45) is 0 Å². The summed E-state index contributed by atoms with van der Waals surface area (Å²) in [5.41, 5.74) is 2.10. The van der Waals surface area contributed by atoms with E-state index in [0.717, 1.165) is 9.87 Å². The van der Waals surface area contributed by atoms with Crippen molar-refractivity contribution < 1.29 is 22.7 Å². The van der Waals surface area contributed by atoms with E-state index in [9.17, 15) is 18.0 Å². The van der Waals surface area contributed by atoms with Crippen LogP contribution in [0.3, 0.4) is 0 Å². The fourth-order valence-electron chi connectivity index (χ4n) is 2.70. The number of carbonyl (C=O) groups is 2. The van der Waals surface area contributed by atoms with Crippen molar-refractivity contribution in [3.63, 3.8) is 0 Å². The second kappa shape index (κ2) is 10.0. The van der Waals surface area contributed by atoms with E-state index in [1.54, 1.807) is 36.4 Å². The zero-order chi connectivity index (χ0) is 22.3. The maximum Gasteiger partial charge on any atom is 0.328 e. The van der Waals surface area contributed by atoms with Crippen LogP contribution in [0.1, 0.15) is 16.7 Å². The van der Waals surface area contributed by atoms with Crippen LogP contribution in [0, 0.1) is 18.3 Å². The van der Waals surface area contributed by atoms with E-state index in [1.165, 1.54) is 26.3 Å². The molecule has 0 saturated carbocycles. The minimum Gasteiger partial charge on any atom is -0.467 e. The van der Waals surface area contributed by atoms with E-state index in [0.29, 0.717) is 11.1 Å². The molecule has 2 aromatic carbocycles. The van der Waals surface area contributed by atoms with Gasteiger partial charge in [-0.25, -0.2) is 13.2 Å². The number of aryl methyl sites for hydroxylation is 1. The normalized spacial score (nSPS) is 12.1. The maximum absolute atomic E-state index is 12.6. The van der Waals surface area contributed by atoms with Gasteiger partial charge in [0.15, 0.2) is 0 Å². The van der Waals surface area contributed by atoms with Crippen LogP contribution in [0.4, 0.5) is 0 Å². The Morgan fingerprint density at radius 2 is 1.73 bits per heavy atom. The number of sulfonamides is 1. The van der Waals surface area contributed by atoms with Crippen LogP contribution < -0.4 is 5.32 Å². The average molecular weight is 429 g/mol. The number of hydrogen-bond acceptors (Lipinski definition) is 6. The molecule has 0 saturated heterocycles. The zero-order valence-electron chi connectivity index (χ0n) is 17.0. The largest absolute Gasteiger partial charge is 0.467 e. The number of rotatable bonds is 8. The van der Waals surface area contributed by atoms with Crippen molar-refractivity contribution in [1.29, 1.82) is 5.26 Å². The molecule has 1 amide bonds. The summed E-state index contributed by atoms with van der Waals surface area (Å²) < 4.78 is 30.9. The number of hydrogen-bond donors (Lipinski definition) is 1. The Bertz CT molecular complexity index is 1040. The number of benzene rings is 2. The Kier molecular flexibility index (Phi) is 7.69. The molecular formula is C21H23N3O5S. The number of methoxy groups -OCH3 is 1. The molecule has 1 atom stereocenters. The molecule has 2 aromatic rings. The standard InChI is InChI=1S/C21H23N3O5S/c1-15-4-10-18(11-5-15)30(27,28)24(2)14-20(25)23-19(21(26)29-3)12-16-6-8-17(13-22)9-7-16/h4-11,19H,12,14H2,1-3H3,(H,23,25)/t19-/m0/s1. The molecule has 0 unspecified atom stereocenters. The Morgan fingerprint density at radius 3 is 2.27 bits per heavy atom. The Labute approximate surface area is 176 Å². The summed E-state index contributed by atoms with van der Waals surface area (Å²) in [7, 11) is -1.36. The second-order valence-electron chi connectivity index (χ2n) is 6.73. The van der Waals surface area contributed by atoms with Crippen LogP contribution in [0.25, 0.3) is 0 Å². The Hall–Kier alpha value is -3.22. The Morgan fingerprint density at radius 1 is 1.13 bits per heavy atom. The molecule has 0 bridgehead atoms. The van der Waals surface area contributed by atoms with Gasteiger partial charge < -0.3 is 10.1 Å². The fourth-order valence-corrected chi connectivity index (χ4v) is 3.83. The number of likely N-dealkylation sites (N-methyl/N-ethyl adjacent to an activating group) is 1. The first-order valence-corrected chi connectivity index (χ1v) is 10.5. The third kappa shape index (κ3) is 5.89. The fraction of sp³-hybridized carbons (Fsp3) is 0.286. The highest BCUT2D eigenvalue weighted by Gasteiger charge is 2.26. The van der Waals surface area contributed by atoms with Gasteiger partial charge in [0, 0.05) is 13.5 Å². The highest BCUT2D eigenvalue weighted by atomic mass is 32.2. The minimum absolute atomic E-state index is 0.0745. The van der Waals surface area contributed by atoms with E-state index < -0.39 is 34.5 Å². The maximum atomic E-state index is 12.6. The van der Waals surface area contributed by atoms with Gasteiger partial charge in [-0.15, -0.1) is 0 Å². The van der Waals surface area contributed by atoms with E-state index >= 15 is 0 Å². The first-order valence-electron chi connectivity index (χ1n) is 9.06. The van der Waals surface area contributed by atoms with Crippen molar-refractivity contribution >= 4 is 21.9 Å². The van der Waals surface area contributed by atoms with Crippen LogP contribution in [-0.4, -0.2) is 51.3 Å². The summed E-state index contributed by atoms with van der Waals surface area (Å²) in [6.07, 6.45) is 0.137. The SMILES string of the molecule is COC(=O)[C@H](Cc1ccc(C#N)cc1)NC(=O)CN(C)S(=O)(=O)c1ccc(C)cc1. The van der Waals surface area contributed by atoms with Crippen molar-refractivity contribution in [1.82, 2.24) is 9.62 Å². The first-order chi connectivity index (χ1) is 14.2. The molecule has 1 N–H and O–H groups in total. The van der Waals surface area contributed by atoms with E-state index in [-0.39, 0.29) is 11.3 Å². The molecule has 30 heavy (non-hydrogen) atoms. The van der Waals surface area contributed by atoms with Gasteiger partial charge in [-0.2, -0.15) is 9.57 Å². The predicted molar refractivity (Wildman–Crippen MR) is 110 cm³/mol. The van der Waals surface area contributed by atoms with Crippen molar-refractivity contribution in [2.45, 2.75) is 24.3 Å². The lowest BCUT2D eigenvalue weighted by atomic mass is 10.0. The number of nitriles is 1. The van der Waals surface area contributed by atoms with E-state index in [4.69, 9.17) is 10.00 Å². The third-order valence-corrected chi connectivity index (χ3v) is 6.26. The van der Waals surface area contributed by atoms with Gasteiger partial charge in [-0.1, -0.05) is 29.8 Å². The van der Waals surface area contributed by atoms with Crippen LogP contribution in [0.15, 0.2) is 53.4 Å². The molecule has 8 nitrogen and oxygen atoms in total. The quantitative estimate of drug-likeness (QED) is 0.634. The number of esters is 1. The number of amides is 1. The van der Waals surface area contributed by atoms with Gasteiger partial charge >= 0.3 is 5.97 Å². The Balaban J connectivity index is 2.08. The molecule has 0 fully saturated rings. The molecule has 0 aromatic heterocycles. The van der Waals surface area contributed by atoms with Gasteiger partial charge in [0.1, 0.15) is 6.04 Å². The molecule has 0 spiro atoms. The van der Waals surface area contributed by atoms with E-state index in [2.05, 4.69) is 5.32 Å². The first kappa shape index (κ1) is 23.1. The highest BCUT2D eigenvalue weighted by molar-refractivity contribution is 7.89. The topological polar surface area (TPSA) is 117 Å². The van der Waals surface area contributed by atoms with Crippen molar-refractivity contribution in [3.8, 4) is 6.07 Å². The smallest absolute Gasteiger partial charge is 0.328 e. The molecule has 2 rings (SSSR count). The molecule has 9 heteroatoms. The van der Waals surface area contributed by atoms with Gasteiger partial charge in [0.2, 0.25) is 15.9 Å².